The lowest BCUT2D eigenvalue weighted by Gasteiger charge is -2.15. The SMILES string of the molecule is CN(C)c1cccc(CC(C#N)c2ccc(Br)cc2)c1. The molecule has 1 unspecified atom stereocenters. The van der Waals surface area contributed by atoms with E-state index in [1.807, 2.05) is 44.4 Å². The van der Waals surface area contributed by atoms with E-state index in [4.69, 9.17) is 0 Å². The number of nitrogens with zero attached hydrogens (tertiary/aromatic N) is 2. The second-order valence-corrected chi connectivity index (χ2v) is 5.92. The van der Waals surface area contributed by atoms with Gasteiger partial charge in [-0.15, -0.1) is 0 Å². The smallest absolute Gasteiger partial charge is 0.0753 e. The summed E-state index contributed by atoms with van der Waals surface area (Å²) in [4.78, 5) is 2.07. The lowest BCUT2D eigenvalue weighted by molar-refractivity contribution is 0.848. The zero-order chi connectivity index (χ0) is 14.5. The average molecular weight is 329 g/mol. The summed E-state index contributed by atoms with van der Waals surface area (Å²) in [6, 6.07) is 18.7. The van der Waals surface area contributed by atoms with Gasteiger partial charge in [-0.3, -0.25) is 0 Å². The molecular weight excluding hydrogens is 312 g/mol. The van der Waals surface area contributed by atoms with Crippen molar-refractivity contribution in [2.45, 2.75) is 12.3 Å². The molecule has 3 heteroatoms. The van der Waals surface area contributed by atoms with Crippen LogP contribution >= 0.6 is 15.9 Å². The fourth-order valence-electron chi connectivity index (χ4n) is 2.13. The number of halogens is 1. The second kappa shape index (κ2) is 6.58. The topological polar surface area (TPSA) is 27.0 Å². The molecule has 0 saturated heterocycles. The minimum Gasteiger partial charge on any atom is -0.378 e. The van der Waals surface area contributed by atoms with E-state index in [0.717, 1.165) is 22.1 Å². The Morgan fingerprint density at radius 1 is 1.15 bits per heavy atom. The van der Waals surface area contributed by atoms with Gasteiger partial charge in [0.1, 0.15) is 0 Å². The summed E-state index contributed by atoms with van der Waals surface area (Å²) >= 11 is 3.42. The van der Waals surface area contributed by atoms with Crippen molar-refractivity contribution in [1.29, 1.82) is 5.26 Å². The van der Waals surface area contributed by atoms with Crippen LogP contribution < -0.4 is 4.90 Å². The number of benzene rings is 2. The molecule has 20 heavy (non-hydrogen) atoms. The predicted octanol–water partition coefficient (Wildman–Crippen LogP) is 4.36. The molecule has 0 fully saturated rings. The van der Waals surface area contributed by atoms with Gasteiger partial charge in [-0.05, 0) is 41.8 Å². The van der Waals surface area contributed by atoms with Gasteiger partial charge in [0.15, 0.2) is 0 Å². The highest BCUT2D eigenvalue weighted by Crippen LogP contribution is 2.24. The van der Waals surface area contributed by atoms with Crippen LogP contribution in [0.25, 0.3) is 0 Å². The lowest BCUT2D eigenvalue weighted by atomic mass is 9.93. The van der Waals surface area contributed by atoms with Crippen molar-refractivity contribution in [2.24, 2.45) is 0 Å². The van der Waals surface area contributed by atoms with Crippen LogP contribution in [0.4, 0.5) is 5.69 Å². The summed E-state index contributed by atoms with van der Waals surface area (Å²) in [5.74, 6) is -0.111. The van der Waals surface area contributed by atoms with Crippen LogP contribution in [0.15, 0.2) is 53.0 Å². The van der Waals surface area contributed by atoms with Gasteiger partial charge in [0.25, 0.3) is 0 Å². The summed E-state index contributed by atoms with van der Waals surface area (Å²) in [7, 11) is 4.05. The molecule has 0 radical (unpaired) electrons. The third-order valence-electron chi connectivity index (χ3n) is 3.30. The first-order chi connectivity index (χ1) is 9.60. The highest BCUT2D eigenvalue weighted by Gasteiger charge is 2.12. The summed E-state index contributed by atoms with van der Waals surface area (Å²) in [5, 5.41) is 9.42. The molecule has 0 aromatic heterocycles. The fraction of sp³-hybridized carbons (Fsp3) is 0.235. The predicted molar refractivity (Wildman–Crippen MR) is 87.0 cm³/mol. The largest absolute Gasteiger partial charge is 0.378 e. The molecule has 2 aromatic rings. The molecule has 2 rings (SSSR count). The average Bonchev–Trinajstić information content (AvgIpc) is 2.46. The quantitative estimate of drug-likeness (QED) is 0.833. The zero-order valence-electron chi connectivity index (χ0n) is 11.7. The number of nitriles is 1. The molecular formula is C17H17BrN2. The van der Waals surface area contributed by atoms with Crippen molar-refractivity contribution >= 4 is 21.6 Å². The highest BCUT2D eigenvalue weighted by molar-refractivity contribution is 9.10. The van der Waals surface area contributed by atoms with Crippen molar-refractivity contribution in [3.05, 3.63) is 64.1 Å². The number of hydrogen-bond donors (Lipinski definition) is 0. The molecule has 0 heterocycles. The Labute approximate surface area is 128 Å². The van der Waals surface area contributed by atoms with E-state index in [1.165, 1.54) is 5.56 Å². The van der Waals surface area contributed by atoms with Crippen LogP contribution in [-0.2, 0) is 6.42 Å². The van der Waals surface area contributed by atoms with Crippen LogP contribution in [0, 0.1) is 11.3 Å². The maximum atomic E-state index is 9.42. The Balaban J connectivity index is 2.20. The third-order valence-corrected chi connectivity index (χ3v) is 3.82. The Hall–Kier alpha value is -1.79. The number of anilines is 1. The molecule has 0 bridgehead atoms. The van der Waals surface area contributed by atoms with Gasteiger partial charge in [-0.1, -0.05) is 40.2 Å². The maximum absolute atomic E-state index is 9.42. The summed E-state index contributed by atoms with van der Waals surface area (Å²) < 4.78 is 1.03. The Bertz CT molecular complexity index is 612. The molecule has 102 valence electrons. The lowest BCUT2D eigenvalue weighted by Crippen LogP contribution is -2.09. The first kappa shape index (κ1) is 14.6. The van der Waals surface area contributed by atoms with Crippen molar-refractivity contribution in [1.82, 2.24) is 0 Å². The van der Waals surface area contributed by atoms with E-state index in [0.29, 0.717) is 0 Å². The summed E-state index contributed by atoms with van der Waals surface area (Å²) in [5.41, 5.74) is 3.41. The molecule has 2 nitrogen and oxygen atoms in total. The maximum Gasteiger partial charge on any atom is 0.0753 e. The Morgan fingerprint density at radius 3 is 2.45 bits per heavy atom. The van der Waals surface area contributed by atoms with Crippen molar-refractivity contribution in [3.8, 4) is 6.07 Å². The molecule has 0 aliphatic heterocycles. The standard InChI is InChI=1S/C17H17BrN2/c1-20(2)17-5-3-4-13(11-17)10-15(12-19)14-6-8-16(18)9-7-14/h3-9,11,15H,10H2,1-2H3. The first-order valence-electron chi connectivity index (χ1n) is 6.51. The molecule has 0 aliphatic carbocycles. The molecule has 1 atom stereocenters. The highest BCUT2D eigenvalue weighted by atomic mass is 79.9. The molecule has 0 saturated carbocycles. The van der Waals surface area contributed by atoms with Gasteiger partial charge < -0.3 is 4.90 Å². The van der Waals surface area contributed by atoms with Gasteiger partial charge in [0.2, 0.25) is 0 Å². The summed E-state index contributed by atoms with van der Waals surface area (Å²) in [6.45, 7) is 0. The van der Waals surface area contributed by atoms with E-state index in [-0.39, 0.29) is 5.92 Å². The molecule has 0 aliphatic rings. The summed E-state index contributed by atoms with van der Waals surface area (Å²) in [6.07, 6.45) is 0.736. The monoisotopic (exact) mass is 328 g/mol. The van der Waals surface area contributed by atoms with Crippen LogP contribution in [0.2, 0.25) is 0 Å². The minimum atomic E-state index is -0.111. The minimum absolute atomic E-state index is 0.111. The van der Waals surface area contributed by atoms with Crippen molar-refractivity contribution in [2.75, 3.05) is 19.0 Å². The molecule has 0 amide bonds. The van der Waals surface area contributed by atoms with Crippen LogP contribution in [0.5, 0.6) is 0 Å². The van der Waals surface area contributed by atoms with Crippen LogP contribution in [-0.4, -0.2) is 14.1 Å². The fourth-order valence-corrected chi connectivity index (χ4v) is 2.39. The first-order valence-corrected chi connectivity index (χ1v) is 7.31. The normalized spacial score (nSPS) is 11.7. The van der Waals surface area contributed by atoms with Gasteiger partial charge in [0.05, 0.1) is 12.0 Å². The van der Waals surface area contributed by atoms with Gasteiger partial charge >= 0.3 is 0 Å². The van der Waals surface area contributed by atoms with E-state index in [9.17, 15) is 5.26 Å². The second-order valence-electron chi connectivity index (χ2n) is 5.00. The number of hydrogen-bond acceptors (Lipinski definition) is 2. The van der Waals surface area contributed by atoms with Gasteiger partial charge in [-0.25, -0.2) is 0 Å². The molecule has 0 N–H and O–H groups in total. The Morgan fingerprint density at radius 2 is 1.85 bits per heavy atom. The van der Waals surface area contributed by atoms with Gasteiger partial charge in [0, 0.05) is 24.3 Å². The Kier molecular flexibility index (Phi) is 4.81. The van der Waals surface area contributed by atoms with E-state index < -0.39 is 0 Å². The van der Waals surface area contributed by atoms with Crippen LogP contribution in [0.3, 0.4) is 0 Å². The van der Waals surface area contributed by atoms with Gasteiger partial charge in [-0.2, -0.15) is 5.26 Å². The molecule has 0 spiro atoms. The zero-order valence-corrected chi connectivity index (χ0v) is 13.3. The van der Waals surface area contributed by atoms with E-state index in [2.05, 4.69) is 45.1 Å². The van der Waals surface area contributed by atoms with Crippen LogP contribution in [0.1, 0.15) is 17.0 Å². The molecule has 2 aromatic carbocycles. The van der Waals surface area contributed by atoms with E-state index in [1.54, 1.807) is 0 Å². The van der Waals surface area contributed by atoms with E-state index >= 15 is 0 Å². The third kappa shape index (κ3) is 3.61. The number of rotatable bonds is 4. The van der Waals surface area contributed by atoms with Crippen molar-refractivity contribution < 1.29 is 0 Å². The van der Waals surface area contributed by atoms with Crippen molar-refractivity contribution in [3.63, 3.8) is 0 Å².